The number of anilines is 1. The van der Waals surface area contributed by atoms with Crippen LogP contribution in [0.5, 0.6) is 0 Å². The van der Waals surface area contributed by atoms with Gasteiger partial charge in [-0.1, -0.05) is 0 Å². The van der Waals surface area contributed by atoms with Gasteiger partial charge in [0.15, 0.2) is 0 Å². The van der Waals surface area contributed by atoms with Crippen LogP contribution < -0.4 is 4.90 Å². The van der Waals surface area contributed by atoms with E-state index in [1.807, 2.05) is 0 Å². The average molecular weight is 267 g/mol. The number of nitrogens with zero attached hydrogens (tertiary/aromatic N) is 3. The number of pyridine rings is 1. The molecule has 1 aliphatic rings. The van der Waals surface area contributed by atoms with Crippen molar-refractivity contribution in [2.75, 3.05) is 18.0 Å². The number of aromatic carboxylic acids is 1. The molecule has 102 valence electrons. The SMILES string of the molecule is CC1(O)CCN(c2cc(C(=O)O)c([N+](=O)[O-])cn2)C1. The number of carboxylic acid groups (broad SMARTS) is 1. The van der Waals surface area contributed by atoms with E-state index in [1.54, 1.807) is 11.8 Å². The van der Waals surface area contributed by atoms with E-state index in [1.165, 1.54) is 6.07 Å². The Morgan fingerprint density at radius 1 is 1.63 bits per heavy atom. The molecule has 8 heteroatoms. The van der Waals surface area contributed by atoms with Gasteiger partial charge in [-0.2, -0.15) is 0 Å². The summed E-state index contributed by atoms with van der Waals surface area (Å²) in [7, 11) is 0. The second-order valence-electron chi connectivity index (χ2n) is 4.79. The Morgan fingerprint density at radius 3 is 2.79 bits per heavy atom. The molecule has 19 heavy (non-hydrogen) atoms. The van der Waals surface area contributed by atoms with E-state index in [2.05, 4.69) is 4.98 Å². The van der Waals surface area contributed by atoms with Gasteiger partial charge >= 0.3 is 11.7 Å². The lowest BCUT2D eigenvalue weighted by atomic mass is 10.1. The van der Waals surface area contributed by atoms with Gasteiger partial charge in [0, 0.05) is 19.2 Å². The first kappa shape index (κ1) is 13.2. The van der Waals surface area contributed by atoms with Crippen LogP contribution in [-0.2, 0) is 0 Å². The molecule has 1 unspecified atom stereocenters. The summed E-state index contributed by atoms with van der Waals surface area (Å²) in [6.07, 6.45) is 1.47. The van der Waals surface area contributed by atoms with Crippen molar-refractivity contribution < 1.29 is 19.9 Å². The molecule has 0 aromatic carbocycles. The maximum atomic E-state index is 11.0. The predicted octanol–water partition coefficient (Wildman–Crippen LogP) is 0.649. The van der Waals surface area contributed by atoms with E-state index in [4.69, 9.17) is 5.11 Å². The van der Waals surface area contributed by atoms with E-state index in [0.717, 1.165) is 6.20 Å². The monoisotopic (exact) mass is 267 g/mol. The van der Waals surface area contributed by atoms with E-state index in [0.29, 0.717) is 25.3 Å². The van der Waals surface area contributed by atoms with Gasteiger partial charge in [0.1, 0.15) is 17.6 Å². The molecule has 2 heterocycles. The summed E-state index contributed by atoms with van der Waals surface area (Å²) in [5.41, 5.74) is -1.80. The minimum Gasteiger partial charge on any atom is -0.477 e. The summed E-state index contributed by atoms with van der Waals surface area (Å²) in [5.74, 6) is -1.05. The Labute approximate surface area is 108 Å². The second kappa shape index (κ2) is 4.47. The summed E-state index contributed by atoms with van der Waals surface area (Å²) < 4.78 is 0. The van der Waals surface area contributed by atoms with Crippen LogP contribution in [0.15, 0.2) is 12.3 Å². The number of rotatable bonds is 3. The Balaban J connectivity index is 2.37. The van der Waals surface area contributed by atoms with Crippen molar-refractivity contribution in [3.8, 4) is 0 Å². The van der Waals surface area contributed by atoms with Crippen molar-refractivity contribution in [2.45, 2.75) is 18.9 Å². The van der Waals surface area contributed by atoms with Gasteiger partial charge in [-0.25, -0.2) is 9.78 Å². The zero-order valence-corrected chi connectivity index (χ0v) is 10.2. The van der Waals surface area contributed by atoms with Crippen LogP contribution in [0.3, 0.4) is 0 Å². The van der Waals surface area contributed by atoms with Crippen LogP contribution in [0, 0.1) is 10.1 Å². The van der Waals surface area contributed by atoms with Gasteiger partial charge in [0.25, 0.3) is 0 Å². The number of carboxylic acids is 1. The largest absolute Gasteiger partial charge is 0.477 e. The first-order chi connectivity index (χ1) is 8.80. The molecule has 1 saturated heterocycles. The van der Waals surface area contributed by atoms with Crippen molar-refractivity contribution in [2.24, 2.45) is 0 Å². The van der Waals surface area contributed by atoms with Crippen LogP contribution in [0.1, 0.15) is 23.7 Å². The Bertz CT molecular complexity index is 543. The molecule has 2 rings (SSSR count). The first-order valence-electron chi connectivity index (χ1n) is 5.65. The molecule has 1 fully saturated rings. The molecule has 1 atom stereocenters. The quantitative estimate of drug-likeness (QED) is 0.609. The molecular formula is C11H13N3O5. The minimum absolute atomic E-state index is 0.316. The number of aromatic nitrogens is 1. The van der Waals surface area contributed by atoms with Gasteiger partial charge in [-0.15, -0.1) is 0 Å². The smallest absolute Gasteiger partial charge is 0.342 e. The molecule has 0 spiro atoms. The number of carbonyl (C=O) groups is 1. The van der Waals surface area contributed by atoms with E-state index >= 15 is 0 Å². The summed E-state index contributed by atoms with van der Waals surface area (Å²) in [4.78, 5) is 26.6. The Kier molecular flexibility index (Phi) is 3.11. The average Bonchev–Trinajstić information content (AvgIpc) is 2.68. The van der Waals surface area contributed by atoms with Crippen molar-refractivity contribution >= 4 is 17.5 Å². The fourth-order valence-electron chi connectivity index (χ4n) is 2.07. The number of hydrogen-bond donors (Lipinski definition) is 2. The maximum absolute atomic E-state index is 11.0. The van der Waals surface area contributed by atoms with Crippen LogP contribution in [0.25, 0.3) is 0 Å². The molecular weight excluding hydrogens is 254 g/mol. The van der Waals surface area contributed by atoms with Crippen LogP contribution >= 0.6 is 0 Å². The van der Waals surface area contributed by atoms with Gasteiger partial charge < -0.3 is 15.1 Å². The normalized spacial score (nSPS) is 22.5. The zero-order valence-electron chi connectivity index (χ0n) is 10.2. The third-order valence-electron chi connectivity index (χ3n) is 3.07. The third kappa shape index (κ3) is 2.63. The van der Waals surface area contributed by atoms with Crippen molar-refractivity contribution in [3.05, 3.63) is 27.9 Å². The number of aliphatic hydroxyl groups is 1. The number of β-amino-alcohol motifs (C(OH)–C–C–N with tert-alkyl or cyclic N) is 1. The summed E-state index contributed by atoms with van der Waals surface area (Å²) >= 11 is 0. The fourth-order valence-corrected chi connectivity index (χ4v) is 2.07. The highest BCUT2D eigenvalue weighted by molar-refractivity contribution is 5.93. The molecule has 0 aliphatic carbocycles. The van der Waals surface area contributed by atoms with E-state index in [9.17, 15) is 20.0 Å². The first-order valence-corrected chi connectivity index (χ1v) is 5.65. The summed E-state index contributed by atoms with van der Waals surface area (Å²) in [6.45, 7) is 2.52. The number of hydrogen-bond acceptors (Lipinski definition) is 6. The van der Waals surface area contributed by atoms with Crippen LogP contribution in [0.4, 0.5) is 11.5 Å². The standard InChI is InChI=1S/C11H13N3O5/c1-11(17)2-3-13(6-11)9-4-7(10(15)16)8(5-12-9)14(18)19/h4-5,17H,2-3,6H2,1H3,(H,15,16). The lowest BCUT2D eigenvalue weighted by Gasteiger charge is -2.19. The highest BCUT2D eigenvalue weighted by Gasteiger charge is 2.33. The van der Waals surface area contributed by atoms with Gasteiger partial charge in [-0.3, -0.25) is 10.1 Å². The second-order valence-corrected chi connectivity index (χ2v) is 4.79. The van der Waals surface area contributed by atoms with Gasteiger partial charge in [-0.05, 0) is 13.3 Å². The molecule has 1 aliphatic heterocycles. The summed E-state index contributed by atoms with van der Waals surface area (Å²) in [5, 5.41) is 29.5. The van der Waals surface area contributed by atoms with Crippen LogP contribution in [-0.4, -0.2) is 44.8 Å². The highest BCUT2D eigenvalue weighted by Crippen LogP contribution is 2.28. The lowest BCUT2D eigenvalue weighted by Crippen LogP contribution is -2.30. The highest BCUT2D eigenvalue weighted by atomic mass is 16.6. The Morgan fingerprint density at radius 2 is 2.32 bits per heavy atom. The molecule has 8 nitrogen and oxygen atoms in total. The predicted molar refractivity (Wildman–Crippen MR) is 65.3 cm³/mol. The van der Waals surface area contributed by atoms with E-state index < -0.39 is 27.7 Å². The van der Waals surface area contributed by atoms with Crippen molar-refractivity contribution in [1.29, 1.82) is 0 Å². The molecule has 1 aromatic heterocycles. The topological polar surface area (TPSA) is 117 Å². The molecule has 1 aromatic rings. The van der Waals surface area contributed by atoms with Crippen molar-refractivity contribution in [1.82, 2.24) is 4.98 Å². The minimum atomic E-state index is -1.37. The number of nitro groups is 1. The van der Waals surface area contributed by atoms with Gasteiger partial charge in [0.2, 0.25) is 0 Å². The van der Waals surface area contributed by atoms with Crippen LogP contribution in [0.2, 0.25) is 0 Å². The Hall–Kier alpha value is -2.22. The third-order valence-corrected chi connectivity index (χ3v) is 3.07. The van der Waals surface area contributed by atoms with Crippen molar-refractivity contribution in [3.63, 3.8) is 0 Å². The lowest BCUT2D eigenvalue weighted by molar-refractivity contribution is -0.385. The van der Waals surface area contributed by atoms with E-state index in [-0.39, 0.29) is 0 Å². The molecule has 0 saturated carbocycles. The molecule has 0 bridgehead atoms. The zero-order chi connectivity index (χ0) is 14.2. The summed E-state index contributed by atoms with van der Waals surface area (Å²) in [6, 6.07) is 1.17. The fraction of sp³-hybridized carbons (Fsp3) is 0.455. The molecule has 0 amide bonds. The van der Waals surface area contributed by atoms with Gasteiger partial charge in [0.05, 0.1) is 10.5 Å². The molecule has 0 radical (unpaired) electrons. The molecule has 2 N–H and O–H groups in total. The maximum Gasteiger partial charge on any atom is 0.342 e.